The van der Waals surface area contributed by atoms with Crippen LogP contribution in [0.2, 0.25) is 0 Å². The maximum absolute atomic E-state index is 5.06. The first-order valence-electron chi connectivity index (χ1n) is 21.1. The number of hydrogen-bond acceptors (Lipinski definition) is 3. The molecule has 288 valence electrons. The normalized spacial score (nSPS) is 11.5. The Morgan fingerprint density at radius 3 is 1.26 bits per heavy atom. The highest BCUT2D eigenvalue weighted by Crippen LogP contribution is 2.50. The van der Waals surface area contributed by atoms with Crippen molar-refractivity contribution < 1.29 is 0 Å². The zero-order valence-electron chi connectivity index (χ0n) is 33.7. The summed E-state index contributed by atoms with van der Waals surface area (Å²) in [6.45, 7) is 0. The Kier molecular flexibility index (Phi) is 8.50. The highest BCUT2D eigenvalue weighted by Gasteiger charge is 2.24. The Labute approximate surface area is 360 Å². The van der Waals surface area contributed by atoms with Crippen molar-refractivity contribution in [3.05, 3.63) is 224 Å². The molecule has 0 unspecified atom stereocenters. The SMILES string of the molecule is c1ccc(-c2ccc3c(c2)-c2ccc(-c4cccc(-c5cc6ccccc6cc5-c5cccc(-c6nc(-c7ccccc7)nc(-c7ccccc7)n6)c5)c4)c4cccc-3c24)cc1. The average molecular weight is 788 g/mol. The standard InChI is InChI=1S/C59H37N3/c1-4-15-38(16-5-1)43-29-30-49-51-28-14-27-50-48(31-32-52(56(50)51)55(49)37-43)44-23-12-24-45(33-44)53-35-41-21-10-11-22-42(41)36-54(53)46-25-13-26-47(34-46)59-61-57(39-17-6-2-7-18-39)60-58(62-59)40-19-8-3-9-20-40/h1-37H. The Hall–Kier alpha value is -8.27. The molecule has 1 aliphatic rings. The third-order valence-electron chi connectivity index (χ3n) is 12.2. The van der Waals surface area contributed by atoms with Gasteiger partial charge in [0.15, 0.2) is 17.5 Å². The van der Waals surface area contributed by atoms with Crippen LogP contribution < -0.4 is 0 Å². The van der Waals surface area contributed by atoms with Gasteiger partial charge >= 0.3 is 0 Å². The molecule has 0 saturated heterocycles. The fraction of sp³-hybridized carbons (Fsp3) is 0. The summed E-state index contributed by atoms with van der Waals surface area (Å²) in [5, 5.41) is 4.97. The van der Waals surface area contributed by atoms with Crippen LogP contribution in [-0.2, 0) is 0 Å². The lowest BCUT2D eigenvalue weighted by atomic mass is 9.88. The van der Waals surface area contributed by atoms with E-state index in [2.05, 4.69) is 164 Å². The van der Waals surface area contributed by atoms with E-state index in [1.54, 1.807) is 0 Å². The smallest absolute Gasteiger partial charge is 0.164 e. The predicted octanol–water partition coefficient (Wildman–Crippen LogP) is 15.5. The van der Waals surface area contributed by atoms with Crippen molar-refractivity contribution >= 4 is 21.5 Å². The second-order valence-corrected chi connectivity index (χ2v) is 16.0. The minimum Gasteiger partial charge on any atom is -0.208 e. The van der Waals surface area contributed by atoms with Crippen LogP contribution >= 0.6 is 0 Å². The van der Waals surface area contributed by atoms with Gasteiger partial charge in [0.05, 0.1) is 0 Å². The number of fused-ring (bicyclic) bond motifs is 4. The lowest BCUT2D eigenvalue weighted by Gasteiger charge is -2.16. The third kappa shape index (κ3) is 6.18. The van der Waals surface area contributed by atoms with Crippen molar-refractivity contribution in [1.82, 2.24) is 15.0 Å². The molecule has 3 nitrogen and oxygen atoms in total. The van der Waals surface area contributed by atoms with E-state index in [0.717, 1.165) is 33.4 Å². The van der Waals surface area contributed by atoms with Gasteiger partial charge in [-0.1, -0.05) is 194 Å². The summed E-state index contributed by atoms with van der Waals surface area (Å²) >= 11 is 0. The predicted molar refractivity (Wildman–Crippen MR) is 257 cm³/mol. The van der Waals surface area contributed by atoms with Crippen LogP contribution in [0.4, 0.5) is 0 Å². The zero-order chi connectivity index (χ0) is 41.0. The molecular weight excluding hydrogens is 751 g/mol. The van der Waals surface area contributed by atoms with E-state index in [1.165, 1.54) is 71.6 Å². The van der Waals surface area contributed by atoms with Crippen molar-refractivity contribution in [3.63, 3.8) is 0 Å². The van der Waals surface area contributed by atoms with E-state index in [9.17, 15) is 0 Å². The van der Waals surface area contributed by atoms with Gasteiger partial charge < -0.3 is 0 Å². The molecule has 0 amide bonds. The third-order valence-corrected chi connectivity index (χ3v) is 12.2. The molecule has 0 saturated carbocycles. The first-order valence-corrected chi connectivity index (χ1v) is 21.1. The largest absolute Gasteiger partial charge is 0.208 e. The molecule has 3 heteroatoms. The van der Waals surface area contributed by atoms with Gasteiger partial charge in [0, 0.05) is 16.7 Å². The molecule has 1 aliphatic carbocycles. The molecule has 0 radical (unpaired) electrons. The lowest BCUT2D eigenvalue weighted by molar-refractivity contribution is 1.07. The summed E-state index contributed by atoms with van der Waals surface area (Å²) in [6, 6.07) is 80.3. The summed E-state index contributed by atoms with van der Waals surface area (Å²) in [5.41, 5.74) is 17.5. The summed E-state index contributed by atoms with van der Waals surface area (Å²) in [7, 11) is 0. The molecule has 11 aromatic rings. The topological polar surface area (TPSA) is 38.7 Å². The summed E-state index contributed by atoms with van der Waals surface area (Å²) in [6.07, 6.45) is 0. The van der Waals surface area contributed by atoms with Gasteiger partial charge in [0.1, 0.15) is 0 Å². The van der Waals surface area contributed by atoms with Crippen LogP contribution in [0.15, 0.2) is 224 Å². The molecule has 0 spiro atoms. The fourth-order valence-corrected chi connectivity index (χ4v) is 9.26. The first kappa shape index (κ1) is 35.7. The second kappa shape index (κ2) is 14.8. The highest BCUT2D eigenvalue weighted by molar-refractivity contribution is 6.19. The molecule has 0 bridgehead atoms. The van der Waals surface area contributed by atoms with Gasteiger partial charge in [0.25, 0.3) is 0 Å². The number of hydrogen-bond donors (Lipinski definition) is 0. The lowest BCUT2D eigenvalue weighted by Crippen LogP contribution is -2.00. The Balaban J connectivity index is 0.978. The van der Waals surface area contributed by atoms with Crippen LogP contribution in [0.1, 0.15) is 0 Å². The monoisotopic (exact) mass is 787 g/mol. The van der Waals surface area contributed by atoms with Crippen LogP contribution in [-0.4, -0.2) is 15.0 Å². The average Bonchev–Trinajstić information content (AvgIpc) is 3.68. The van der Waals surface area contributed by atoms with E-state index in [-0.39, 0.29) is 0 Å². The van der Waals surface area contributed by atoms with Gasteiger partial charge in [-0.15, -0.1) is 0 Å². The molecule has 62 heavy (non-hydrogen) atoms. The van der Waals surface area contributed by atoms with Crippen molar-refractivity contribution in [2.45, 2.75) is 0 Å². The Morgan fingerprint density at radius 1 is 0.210 bits per heavy atom. The molecule has 10 aromatic carbocycles. The van der Waals surface area contributed by atoms with E-state index >= 15 is 0 Å². The zero-order valence-corrected chi connectivity index (χ0v) is 33.7. The molecular formula is C59H37N3. The first-order chi connectivity index (χ1) is 30.7. The number of aromatic nitrogens is 3. The van der Waals surface area contributed by atoms with Crippen LogP contribution in [0.25, 0.3) is 122 Å². The molecule has 1 heterocycles. The van der Waals surface area contributed by atoms with Gasteiger partial charge in [-0.25, -0.2) is 15.0 Å². The van der Waals surface area contributed by atoms with Crippen LogP contribution in [0.3, 0.4) is 0 Å². The van der Waals surface area contributed by atoms with Crippen molar-refractivity contribution in [3.8, 4) is 101 Å². The Bertz CT molecular complexity index is 3450. The van der Waals surface area contributed by atoms with Gasteiger partial charge in [-0.3, -0.25) is 0 Å². The van der Waals surface area contributed by atoms with Crippen molar-refractivity contribution in [2.75, 3.05) is 0 Å². The number of benzene rings is 10. The van der Waals surface area contributed by atoms with E-state index < -0.39 is 0 Å². The summed E-state index contributed by atoms with van der Waals surface area (Å²) in [4.78, 5) is 15.1. The minimum atomic E-state index is 0.634. The van der Waals surface area contributed by atoms with E-state index in [0.29, 0.717) is 17.5 Å². The summed E-state index contributed by atoms with van der Waals surface area (Å²) in [5.74, 6) is 1.92. The summed E-state index contributed by atoms with van der Waals surface area (Å²) < 4.78 is 0. The Morgan fingerprint density at radius 2 is 0.645 bits per heavy atom. The van der Waals surface area contributed by atoms with Crippen LogP contribution in [0.5, 0.6) is 0 Å². The quantitative estimate of drug-likeness (QED) is 0.161. The molecule has 0 N–H and O–H groups in total. The minimum absolute atomic E-state index is 0.634. The van der Waals surface area contributed by atoms with Crippen molar-refractivity contribution in [1.29, 1.82) is 0 Å². The van der Waals surface area contributed by atoms with E-state index in [4.69, 9.17) is 15.0 Å². The number of rotatable bonds is 7. The second-order valence-electron chi connectivity index (χ2n) is 16.0. The van der Waals surface area contributed by atoms with Crippen molar-refractivity contribution in [2.24, 2.45) is 0 Å². The van der Waals surface area contributed by atoms with Gasteiger partial charge in [-0.05, 0) is 119 Å². The molecule has 1 aromatic heterocycles. The fourth-order valence-electron chi connectivity index (χ4n) is 9.26. The molecule has 0 aliphatic heterocycles. The molecule has 0 fully saturated rings. The highest BCUT2D eigenvalue weighted by atomic mass is 15.0. The van der Waals surface area contributed by atoms with E-state index in [1.807, 2.05) is 60.7 Å². The molecule has 12 rings (SSSR count). The maximum Gasteiger partial charge on any atom is 0.164 e. The maximum atomic E-state index is 5.06. The van der Waals surface area contributed by atoms with Gasteiger partial charge in [0.2, 0.25) is 0 Å². The van der Waals surface area contributed by atoms with Gasteiger partial charge in [-0.2, -0.15) is 0 Å². The van der Waals surface area contributed by atoms with Crippen LogP contribution in [0, 0.1) is 0 Å². The number of nitrogens with zero attached hydrogens (tertiary/aromatic N) is 3. The molecule has 0 atom stereocenters.